The molecule has 3 nitrogen and oxygen atoms in total. The summed E-state index contributed by atoms with van der Waals surface area (Å²) >= 11 is 0. The molecule has 0 spiro atoms. The molecule has 0 bridgehead atoms. The summed E-state index contributed by atoms with van der Waals surface area (Å²) in [6, 6.07) is 2.18. The Kier molecular flexibility index (Phi) is 2.59. The Bertz CT molecular complexity index is 305. The fourth-order valence-corrected chi connectivity index (χ4v) is 2.43. The van der Waals surface area contributed by atoms with E-state index in [0.29, 0.717) is 5.92 Å². The van der Waals surface area contributed by atoms with Gasteiger partial charge in [-0.3, -0.25) is 4.68 Å². The SMILES string of the molecule is CC1CCC(C(N)c2ccn(C)n2)C1. The van der Waals surface area contributed by atoms with Crippen LogP contribution in [0.2, 0.25) is 0 Å². The lowest BCUT2D eigenvalue weighted by atomic mass is 9.95. The predicted octanol–water partition coefficient (Wildman–Crippen LogP) is 1.86. The monoisotopic (exact) mass is 193 g/mol. The van der Waals surface area contributed by atoms with Crippen LogP contribution in [0.4, 0.5) is 0 Å². The van der Waals surface area contributed by atoms with Crippen LogP contribution in [-0.2, 0) is 7.05 Å². The Morgan fingerprint density at radius 2 is 2.36 bits per heavy atom. The summed E-state index contributed by atoms with van der Waals surface area (Å²) in [6.45, 7) is 2.31. The maximum absolute atomic E-state index is 6.20. The largest absolute Gasteiger partial charge is 0.322 e. The van der Waals surface area contributed by atoms with Crippen molar-refractivity contribution in [1.29, 1.82) is 0 Å². The number of hydrogen-bond donors (Lipinski definition) is 1. The third-order valence-corrected chi connectivity index (χ3v) is 3.32. The van der Waals surface area contributed by atoms with Crippen molar-refractivity contribution >= 4 is 0 Å². The molecule has 1 aliphatic carbocycles. The maximum atomic E-state index is 6.20. The normalized spacial score (nSPS) is 29.4. The van der Waals surface area contributed by atoms with Gasteiger partial charge >= 0.3 is 0 Å². The minimum atomic E-state index is 0.140. The van der Waals surface area contributed by atoms with Crippen LogP contribution in [0.5, 0.6) is 0 Å². The molecule has 0 aromatic carbocycles. The fourth-order valence-electron chi connectivity index (χ4n) is 2.43. The van der Waals surface area contributed by atoms with Gasteiger partial charge in [-0.25, -0.2) is 0 Å². The van der Waals surface area contributed by atoms with Crippen molar-refractivity contribution in [3.05, 3.63) is 18.0 Å². The van der Waals surface area contributed by atoms with E-state index < -0.39 is 0 Å². The summed E-state index contributed by atoms with van der Waals surface area (Å²) in [5.74, 6) is 1.48. The van der Waals surface area contributed by atoms with Crippen LogP contribution in [0.15, 0.2) is 12.3 Å². The Hall–Kier alpha value is -0.830. The quantitative estimate of drug-likeness (QED) is 0.779. The van der Waals surface area contributed by atoms with Crippen molar-refractivity contribution in [2.45, 2.75) is 32.2 Å². The number of nitrogens with two attached hydrogens (primary N) is 1. The summed E-state index contributed by atoms with van der Waals surface area (Å²) in [5.41, 5.74) is 7.25. The van der Waals surface area contributed by atoms with Gasteiger partial charge in [0.2, 0.25) is 0 Å². The van der Waals surface area contributed by atoms with Crippen LogP contribution < -0.4 is 5.73 Å². The van der Waals surface area contributed by atoms with Crippen molar-refractivity contribution < 1.29 is 0 Å². The molecule has 78 valence electrons. The first kappa shape index (κ1) is 9.71. The van der Waals surface area contributed by atoms with Gasteiger partial charge in [-0.15, -0.1) is 0 Å². The lowest BCUT2D eigenvalue weighted by molar-refractivity contribution is 0.419. The number of nitrogens with zero attached hydrogens (tertiary/aromatic N) is 2. The van der Waals surface area contributed by atoms with Crippen LogP contribution in [0.25, 0.3) is 0 Å². The highest BCUT2D eigenvalue weighted by Gasteiger charge is 2.28. The summed E-state index contributed by atoms with van der Waals surface area (Å²) in [6.07, 6.45) is 5.81. The number of aryl methyl sites for hydroxylation is 1. The minimum Gasteiger partial charge on any atom is -0.322 e. The molecule has 0 saturated heterocycles. The molecule has 3 atom stereocenters. The van der Waals surface area contributed by atoms with E-state index in [9.17, 15) is 0 Å². The second kappa shape index (κ2) is 3.73. The topological polar surface area (TPSA) is 43.8 Å². The lowest BCUT2D eigenvalue weighted by Gasteiger charge is -2.16. The van der Waals surface area contributed by atoms with E-state index in [0.717, 1.165) is 11.6 Å². The van der Waals surface area contributed by atoms with E-state index in [4.69, 9.17) is 5.73 Å². The second-order valence-electron chi connectivity index (χ2n) is 4.62. The summed E-state index contributed by atoms with van der Waals surface area (Å²) in [7, 11) is 1.94. The Morgan fingerprint density at radius 1 is 1.57 bits per heavy atom. The predicted molar refractivity (Wildman–Crippen MR) is 56.6 cm³/mol. The van der Waals surface area contributed by atoms with Crippen molar-refractivity contribution in [2.24, 2.45) is 24.6 Å². The van der Waals surface area contributed by atoms with Gasteiger partial charge in [0.25, 0.3) is 0 Å². The first-order valence-corrected chi connectivity index (χ1v) is 5.42. The summed E-state index contributed by atoms with van der Waals surface area (Å²) in [5, 5.41) is 4.37. The van der Waals surface area contributed by atoms with Gasteiger partial charge in [0.05, 0.1) is 11.7 Å². The van der Waals surface area contributed by atoms with E-state index in [2.05, 4.69) is 12.0 Å². The molecule has 14 heavy (non-hydrogen) atoms. The van der Waals surface area contributed by atoms with Crippen LogP contribution in [0, 0.1) is 11.8 Å². The molecule has 2 N–H and O–H groups in total. The molecule has 2 rings (SSSR count). The zero-order chi connectivity index (χ0) is 10.1. The highest BCUT2D eigenvalue weighted by Crippen LogP contribution is 2.36. The molecule has 1 fully saturated rings. The van der Waals surface area contributed by atoms with E-state index in [1.54, 1.807) is 0 Å². The molecule has 1 aromatic rings. The van der Waals surface area contributed by atoms with E-state index in [1.807, 2.05) is 24.0 Å². The zero-order valence-electron chi connectivity index (χ0n) is 8.98. The molecule has 3 unspecified atom stereocenters. The van der Waals surface area contributed by atoms with Gasteiger partial charge in [0, 0.05) is 13.2 Å². The van der Waals surface area contributed by atoms with Gasteiger partial charge in [-0.1, -0.05) is 13.3 Å². The molecular weight excluding hydrogens is 174 g/mol. The smallest absolute Gasteiger partial charge is 0.0794 e. The molecule has 0 aliphatic heterocycles. The summed E-state index contributed by atoms with van der Waals surface area (Å²) < 4.78 is 1.83. The van der Waals surface area contributed by atoms with Gasteiger partial charge in [0.1, 0.15) is 0 Å². The second-order valence-corrected chi connectivity index (χ2v) is 4.62. The molecule has 1 aromatic heterocycles. The number of hydrogen-bond acceptors (Lipinski definition) is 2. The van der Waals surface area contributed by atoms with Crippen molar-refractivity contribution in [1.82, 2.24) is 9.78 Å². The molecule has 3 heteroatoms. The van der Waals surface area contributed by atoms with Crippen molar-refractivity contribution in [2.75, 3.05) is 0 Å². The number of aromatic nitrogens is 2. The summed E-state index contributed by atoms with van der Waals surface area (Å²) in [4.78, 5) is 0. The molecule has 0 amide bonds. The highest BCUT2D eigenvalue weighted by molar-refractivity contribution is 5.07. The Labute approximate surface area is 85.3 Å². The highest BCUT2D eigenvalue weighted by atomic mass is 15.3. The van der Waals surface area contributed by atoms with E-state index in [-0.39, 0.29) is 6.04 Å². The average molecular weight is 193 g/mol. The standard InChI is InChI=1S/C11H19N3/c1-8-3-4-9(7-8)11(12)10-5-6-14(2)13-10/h5-6,8-9,11H,3-4,7,12H2,1-2H3. The molecular formula is C11H19N3. The lowest BCUT2D eigenvalue weighted by Crippen LogP contribution is -2.20. The van der Waals surface area contributed by atoms with Crippen LogP contribution >= 0.6 is 0 Å². The van der Waals surface area contributed by atoms with Gasteiger partial charge < -0.3 is 5.73 Å². The van der Waals surface area contributed by atoms with Crippen LogP contribution in [0.3, 0.4) is 0 Å². The third-order valence-electron chi connectivity index (χ3n) is 3.32. The van der Waals surface area contributed by atoms with Crippen molar-refractivity contribution in [3.63, 3.8) is 0 Å². The molecule has 1 saturated carbocycles. The zero-order valence-corrected chi connectivity index (χ0v) is 8.98. The van der Waals surface area contributed by atoms with Crippen molar-refractivity contribution in [3.8, 4) is 0 Å². The Balaban J connectivity index is 2.05. The average Bonchev–Trinajstić information content (AvgIpc) is 2.73. The molecule has 1 heterocycles. The minimum absolute atomic E-state index is 0.140. The molecule has 0 radical (unpaired) electrons. The maximum Gasteiger partial charge on any atom is 0.0794 e. The number of rotatable bonds is 2. The van der Waals surface area contributed by atoms with Gasteiger partial charge in [-0.05, 0) is 30.7 Å². The van der Waals surface area contributed by atoms with Crippen LogP contribution in [0.1, 0.15) is 37.9 Å². The third kappa shape index (κ3) is 1.82. The van der Waals surface area contributed by atoms with Crippen LogP contribution in [-0.4, -0.2) is 9.78 Å². The first-order chi connectivity index (χ1) is 6.66. The fraction of sp³-hybridized carbons (Fsp3) is 0.727. The first-order valence-electron chi connectivity index (χ1n) is 5.42. The Morgan fingerprint density at radius 3 is 2.86 bits per heavy atom. The van der Waals surface area contributed by atoms with E-state index in [1.165, 1.54) is 19.3 Å². The molecule has 1 aliphatic rings. The van der Waals surface area contributed by atoms with Gasteiger partial charge in [0.15, 0.2) is 0 Å². The van der Waals surface area contributed by atoms with Gasteiger partial charge in [-0.2, -0.15) is 5.10 Å². The van der Waals surface area contributed by atoms with E-state index >= 15 is 0 Å².